The molecule has 24 heavy (non-hydrogen) atoms. The summed E-state index contributed by atoms with van der Waals surface area (Å²) in [6.45, 7) is 1.55. The third-order valence-corrected chi connectivity index (χ3v) is 6.22. The second-order valence-corrected chi connectivity index (χ2v) is 9.23. The fourth-order valence-electron chi connectivity index (χ4n) is 1.76. The molecule has 132 valence electrons. The highest BCUT2D eigenvalue weighted by atomic mass is 35.5. The lowest BCUT2D eigenvalue weighted by Gasteiger charge is -2.02. The monoisotopic (exact) mass is 393 g/mol. The predicted molar refractivity (Wildman–Crippen MR) is 87.8 cm³/mol. The van der Waals surface area contributed by atoms with Gasteiger partial charge in [-0.15, -0.1) is 5.10 Å². The van der Waals surface area contributed by atoms with E-state index in [2.05, 4.69) is 14.9 Å². The van der Waals surface area contributed by atoms with Crippen molar-refractivity contribution in [3.05, 3.63) is 40.7 Å². The molecule has 1 heterocycles. The van der Waals surface area contributed by atoms with Crippen molar-refractivity contribution < 1.29 is 21.3 Å². The number of hydrogen-bond donors (Lipinski definition) is 1. The Kier molecular flexibility index (Phi) is 5.97. The summed E-state index contributed by atoms with van der Waals surface area (Å²) in [5.41, 5.74) is 0.426. The van der Waals surface area contributed by atoms with E-state index >= 15 is 0 Å². The van der Waals surface area contributed by atoms with Crippen LogP contribution < -0.4 is 4.72 Å². The van der Waals surface area contributed by atoms with Crippen molar-refractivity contribution >= 4 is 31.5 Å². The number of rotatable bonds is 8. The molecule has 1 N–H and O–H groups in total. The number of sulfonamides is 1. The van der Waals surface area contributed by atoms with Gasteiger partial charge in [0.1, 0.15) is 0 Å². The van der Waals surface area contributed by atoms with Crippen LogP contribution in [0.2, 0.25) is 5.02 Å². The van der Waals surface area contributed by atoms with Gasteiger partial charge in [0.25, 0.3) is 0 Å². The van der Waals surface area contributed by atoms with Gasteiger partial charge in [-0.2, -0.15) is 0 Å². The number of aromatic nitrogens is 2. The Balaban J connectivity index is 2.05. The van der Waals surface area contributed by atoms with Gasteiger partial charge in [-0.25, -0.2) is 21.6 Å². The molecule has 0 fully saturated rings. The highest BCUT2D eigenvalue weighted by molar-refractivity contribution is 7.90. The first kappa shape index (κ1) is 18.8. The van der Waals surface area contributed by atoms with Gasteiger partial charge in [0.05, 0.1) is 11.5 Å². The van der Waals surface area contributed by atoms with Crippen molar-refractivity contribution in [3.63, 3.8) is 0 Å². The molecule has 0 atom stereocenters. The number of nitrogens with one attached hydrogen (secondary N) is 1. The third-order valence-electron chi connectivity index (χ3n) is 3.06. The third kappa shape index (κ3) is 5.00. The summed E-state index contributed by atoms with van der Waals surface area (Å²) in [6, 6.07) is 6.55. The van der Waals surface area contributed by atoms with E-state index in [-0.39, 0.29) is 30.4 Å². The van der Waals surface area contributed by atoms with Crippen molar-refractivity contribution in [1.29, 1.82) is 0 Å². The smallest absolute Gasteiger partial charge is 0.335 e. The zero-order valence-electron chi connectivity index (χ0n) is 12.8. The number of nitrogens with zero attached hydrogens (tertiary/aromatic N) is 2. The molecule has 0 aliphatic carbocycles. The molecule has 0 spiro atoms. The minimum Gasteiger partial charge on any atom is -0.412 e. The van der Waals surface area contributed by atoms with Crippen LogP contribution in [-0.2, 0) is 32.0 Å². The Labute approximate surface area is 145 Å². The van der Waals surface area contributed by atoms with Gasteiger partial charge in [0, 0.05) is 18.0 Å². The molecule has 0 saturated heterocycles. The van der Waals surface area contributed by atoms with Gasteiger partial charge in [0.15, 0.2) is 0 Å². The highest BCUT2D eigenvalue weighted by Gasteiger charge is 2.24. The molecule has 0 unspecified atom stereocenters. The summed E-state index contributed by atoms with van der Waals surface area (Å²) in [5, 5.41) is 6.96. The Morgan fingerprint density at radius 1 is 1.17 bits per heavy atom. The molecule has 1 aromatic heterocycles. The van der Waals surface area contributed by atoms with Crippen LogP contribution in [0.4, 0.5) is 0 Å². The van der Waals surface area contributed by atoms with Crippen molar-refractivity contribution in [2.45, 2.75) is 24.3 Å². The average Bonchev–Trinajstić information content (AvgIpc) is 2.99. The minimum absolute atomic E-state index is 0.0338. The van der Waals surface area contributed by atoms with Gasteiger partial charge in [-0.05, 0) is 18.6 Å². The van der Waals surface area contributed by atoms with Gasteiger partial charge in [-0.1, -0.05) is 34.9 Å². The summed E-state index contributed by atoms with van der Waals surface area (Å²) in [7, 11) is -7.17. The molecular formula is C13H16ClN3O5S2. The summed E-state index contributed by atoms with van der Waals surface area (Å²) in [5.74, 6) is -0.378. The quantitative estimate of drug-likeness (QED) is 0.714. The normalized spacial score (nSPS) is 12.4. The van der Waals surface area contributed by atoms with Gasteiger partial charge in [-0.3, -0.25) is 0 Å². The molecule has 0 aliphatic rings. The molecule has 0 bridgehead atoms. The largest absolute Gasteiger partial charge is 0.412 e. The van der Waals surface area contributed by atoms with E-state index in [0.717, 1.165) is 0 Å². The molecule has 0 aliphatic heterocycles. The van der Waals surface area contributed by atoms with Crippen LogP contribution in [-0.4, -0.2) is 39.3 Å². The van der Waals surface area contributed by atoms with E-state index in [0.29, 0.717) is 10.6 Å². The Morgan fingerprint density at radius 3 is 2.54 bits per heavy atom. The van der Waals surface area contributed by atoms with Crippen LogP contribution in [0.15, 0.2) is 33.9 Å². The van der Waals surface area contributed by atoms with E-state index in [1.54, 1.807) is 24.3 Å². The van der Waals surface area contributed by atoms with E-state index in [4.69, 9.17) is 16.0 Å². The molecule has 11 heteroatoms. The maximum absolute atomic E-state index is 12.3. The molecule has 0 saturated carbocycles. The SMILES string of the molecule is CCS(=O)(=O)NCCc1nnc(S(=O)(=O)Cc2ccccc2Cl)o1. The van der Waals surface area contributed by atoms with Crippen molar-refractivity contribution in [3.8, 4) is 0 Å². The van der Waals surface area contributed by atoms with E-state index in [9.17, 15) is 16.8 Å². The second-order valence-electron chi connectivity index (χ2n) is 4.86. The lowest BCUT2D eigenvalue weighted by Crippen LogP contribution is -2.27. The van der Waals surface area contributed by atoms with Crippen molar-refractivity contribution in [1.82, 2.24) is 14.9 Å². The predicted octanol–water partition coefficient (Wildman–Crippen LogP) is 1.18. The molecule has 2 rings (SSSR count). The van der Waals surface area contributed by atoms with E-state index in [1.807, 2.05) is 0 Å². The molecule has 0 radical (unpaired) electrons. The molecular weight excluding hydrogens is 378 g/mol. The molecule has 2 aromatic rings. The standard InChI is InChI=1S/C13H16ClN3O5S2/c1-2-24(20,21)15-8-7-12-16-17-13(22-12)23(18,19)9-10-5-3-4-6-11(10)14/h3-6,15H,2,7-9H2,1H3. The molecule has 0 amide bonds. The van der Waals surface area contributed by atoms with Crippen LogP contribution in [0.3, 0.4) is 0 Å². The van der Waals surface area contributed by atoms with Crippen LogP contribution >= 0.6 is 11.6 Å². The average molecular weight is 394 g/mol. The van der Waals surface area contributed by atoms with Crippen molar-refractivity contribution in [2.75, 3.05) is 12.3 Å². The Morgan fingerprint density at radius 2 is 1.88 bits per heavy atom. The summed E-state index contributed by atoms with van der Waals surface area (Å²) < 4.78 is 54.6. The lowest BCUT2D eigenvalue weighted by atomic mass is 10.2. The summed E-state index contributed by atoms with van der Waals surface area (Å²) in [4.78, 5) is 0. The van der Waals surface area contributed by atoms with Crippen LogP contribution in [0.25, 0.3) is 0 Å². The zero-order valence-corrected chi connectivity index (χ0v) is 15.2. The first-order chi connectivity index (χ1) is 11.2. The van der Waals surface area contributed by atoms with Gasteiger partial charge < -0.3 is 4.42 Å². The molecule has 1 aromatic carbocycles. The summed E-state index contributed by atoms with van der Waals surface area (Å²) >= 11 is 5.95. The highest BCUT2D eigenvalue weighted by Crippen LogP contribution is 2.21. The second kappa shape index (κ2) is 7.60. The van der Waals surface area contributed by atoms with Crippen LogP contribution in [0.5, 0.6) is 0 Å². The van der Waals surface area contributed by atoms with E-state index in [1.165, 1.54) is 6.92 Å². The first-order valence-electron chi connectivity index (χ1n) is 6.99. The van der Waals surface area contributed by atoms with Crippen LogP contribution in [0, 0.1) is 0 Å². The Bertz CT molecular complexity index is 909. The fraction of sp³-hybridized carbons (Fsp3) is 0.385. The number of halogens is 1. The number of hydrogen-bond acceptors (Lipinski definition) is 7. The number of benzene rings is 1. The van der Waals surface area contributed by atoms with Crippen molar-refractivity contribution in [2.24, 2.45) is 0 Å². The Hall–Kier alpha value is -1.49. The first-order valence-corrected chi connectivity index (χ1v) is 10.7. The van der Waals surface area contributed by atoms with Crippen LogP contribution in [0.1, 0.15) is 18.4 Å². The zero-order chi connectivity index (χ0) is 17.8. The van der Waals surface area contributed by atoms with Gasteiger partial charge >= 0.3 is 5.22 Å². The summed E-state index contributed by atoms with van der Waals surface area (Å²) in [6.07, 6.45) is 0.0911. The molecule has 8 nitrogen and oxygen atoms in total. The minimum atomic E-state index is -3.84. The lowest BCUT2D eigenvalue weighted by molar-refractivity contribution is 0.396. The number of sulfone groups is 1. The van der Waals surface area contributed by atoms with E-state index < -0.39 is 25.1 Å². The topological polar surface area (TPSA) is 119 Å². The maximum atomic E-state index is 12.3. The fourth-order valence-corrected chi connectivity index (χ4v) is 3.83. The van der Waals surface area contributed by atoms with Gasteiger partial charge in [0.2, 0.25) is 25.8 Å². The maximum Gasteiger partial charge on any atom is 0.335 e.